The van der Waals surface area contributed by atoms with Crippen LogP contribution in [-0.4, -0.2) is 18.8 Å². The summed E-state index contributed by atoms with van der Waals surface area (Å²) in [6, 6.07) is 0. The van der Waals surface area contributed by atoms with Crippen LogP contribution in [-0.2, 0) is 4.74 Å². The lowest BCUT2D eigenvalue weighted by atomic mass is 10.1. The van der Waals surface area contributed by atoms with Gasteiger partial charge in [-0.05, 0) is 39.2 Å². The van der Waals surface area contributed by atoms with E-state index in [1.807, 2.05) is 0 Å². The largest absolute Gasteiger partial charge is 0.375 e. The van der Waals surface area contributed by atoms with Gasteiger partial charge in [-0.15, -0.1) is 0 Å². The lowest BCUT2D eigenvalue weighted by Gasteiger charge is -2.08. The van der Waals surface area contributed by atoms with Gasteiger partial charge in [-0.3, -0.25) is 0 Å². The average Bonchev–Trinajstić information content (AvgIpc) is 2.31. The van der Waals surface area contributed by atoms with Crippen LogP contribution in [0.2, 0.25) is 0 Å². The molecule has 0 saturated carbocycles. The molecule has 2 atom stereocenters. The van der Waals surface area contributed by atoms with Gasteiger partial charge in [0.25, 0.3) is 0 Å². The molecule has 0 aromatic heterocycles. The molecule has 0 bridgehead atoms. The van der Waals surface area contributed by atoms with Crippen molar-refractivity contribution < 1.29 is 4.74 Å². The van der Waals surface area contributed by atoms with E-state index in [0.29, 0.717) is 12.2 Å². The topological polar surface area (TPSA) is 35.2 Å². The fourth-order valence-corrected chi connectivity index (χ4v) is 1.44. The van der Waals surface area contributed by atoms with Crippen molar-refractivity contribution in [3.8, 4) is 0 Å². The normalized spacial score (nSPS) is 33.0. The zero-order valence-corrected chi connectivity index (χ0v) is 6.68. The Balaban J connectivity index is 2.06. The van der Waals surface area contributed by atoms with Crippen LogP contribution in [0.4, 0.5) is 0 Å². The number of ether oxygens (including phenoxy) is 1. The summed E-state index contributed by atoms with van der Waals surface area (Å²) in [5, 5.41) is 0. The van der Waals surface area contributed by atoms with Crippen LogP contribution < -0.4 is 5.73 Å². The Morgan fingerprint density at radius 2 is 2.30 bits per heavy atom. The first-order valence-corrected chi connectivity index (χ1v) is 4.18. The van der Waals surface area contributed by atoms with Crippen LogP contribution in [0.15, 0.2) is 0 Å². The number of nitrogens with two attached hydrogens (primary N) is 1. The molecule has 1 rings (SSSR count). The molecule has 1 heterocycles. The summed E-state index contributed by atoms with van der Waals surface area (Å²) < 4.78 is 5.61. The predicted octanol–water partition coefficient (Wildman–Crippen LogP) is 1.29. The molecule has 0 aromatic carbocycles. The predicted molar refractivity (Wildman–Crippen MR) is 41.9 cm³/mol. The molecule has 2 N–H and O–H groups in total. The second-order valence-electron chi connectivity index (χ2n) is 3.08. The number of rotatable bonds is 3. The van der Waals surface area contributed by atoms with Crippen LogP contribution in [0, 0.1) is 0 Å². The van der Waals surface area contributed by atoms with E-state index in [1.165, 1.54) is 12.8 Å². The summed E-state index contributed by atoms with van der Waals surface area (Å²) in [7, 11) is 0. The third-order valence-electron chi connectivity index (χ3n) is 2.05. The molecule has 0 radical (unpaired) electrons. The monoisotopic (exact) mass is 143 g/mol. The Hall–Kier alpha value is -0.0800. The standard InChI is InChI=1S/C8H17NO/c1-7-4-5-8(10-7)3-2-6-9/h7-8H,2-6,9H2,1H3/t7-,8?/m1/s1. The van der Waals surface area contributed by atoms with E-state index in [-0.39, 0.29) is 0 Å². The van der Waals surface area contributed by atoms with Gasteiger partial charge in [-0.2, -0.15) is 0 Å². The third-order valence-corrected chi connectivity index (χ3v) is 2.05. The third kappa shape index (κ3) is 2.27. The summed E-state index contributed by atoms with van der Waals surface area (Å²) in [5.41, 5.74) is 5.39. The number of hydrogen-bond acceptors (Lipinski definition) is 2. The molecule has 0 aliphatic carbocycles. The van der Waals surface area contributed by atoms with Crippen molar-refractivity contribution in [3.63, 3.8) is 0 Å². The van der Waals surface area contributed by atoms with Gasteiger partial charge in [0, 0.05) is 0 Å². The average molecular weight is 143 g/mol. The van der Waals surface area contributed by atoms with Gasteiger partial charge in [0.15, 0.2) is 0 Å². The van der Waals surface area contributed by atoms with Crippen LogP contribution in [0.3, 0.4) is 0 Å². The maximum atomic E-state index is 5.61. The first-order chi connectivity index (χ1) is 4.83. The Bertz CT molecular complexity index is 95.3. The molecule has 1 aliphatic heterocycles. The van der Waals surface area contributed by atoms with Crippen LogP contribution in [0.1, 0.15) is 32.6 Å². The summed E-state index contributed by atoms with van der Waals surface area (Å²) in [6.45, 7) is 2.94. The molecule has 1 aliphatic rings. The first-order valence-electron chi connectivity index (χ1n) is 4.18. The maximum absolute atomic E-state index is 5.61. The van der Waals surface area contributed by atoms with Crippen molar-refractivity contribution in [2.24, 2.45) is 5.73 Å². The zero-order chi connectivity index (χ0) is 7.40. The van der Waals surface area contributed by atoms with E-state index >= 15 is 0 Å². The van der Waals surface area contributed by atoms with Crippen molar-refractivity contribution in [2.75, 3.05) is 6.54 Å². The lowest BCUT2D eigenvalue weighted by Crippen LogP contribution is -2.10. The van der Waals surface area contributed by atoms with Crippen LogP contribution in [0.5, 0.6) is 0 Å². The van der Waals surface area contributed by atoms with E-state index in [2.05, 4.69) is 6.92 Å². The van der Waals surface area contributed by atoms with E-state index < -0.39 is 0 Å². The molecule has 0 spiro atoms. The van der Waals surface area contributed by atoms with Gasteiger partial charge in [0.05, 0.1) is 12.2 Å². The summed E-state index contributed by atoms with van der Waals surface area (Å²) >= 11 is 0. The fraction of sp³-hybridized carbons (Fsp3) is 1.00. The van der Waals surface area contributed by atoms with E-state index in [9.17, 15) is 0 Å². The van der Waals surface area contributed by atoms with E-state index in [1.54, 1.807) is 0 Å². The first kappa shape index (κ1) is 8.02. The minimum atomic E-state index is 0.489. The highest BCUT2D eigenvalue weighted by Gasteiger charge is 2.20. The second-order valence-corrected chi connectivity index (χ2v) is 3.08. The molecule has 2 nitrogen and oxygen atoms in total. The Kier molecular flexibility index (Phi) is 3.16. The zero-order valence-electron chi connectivity index (χ0n) is 6.68. The smallest absolute Gasteiger partial charge is 0.0580 e. The Labute approximate surface area is 62.7 Å². The van der Waals surface area contributed by atoms with Crippen molar-refractivity contribution in [1.82, 2.24) is 0 Å². The molecular weight excluding hydrogens is 126 g/mol. The molecule has 2 heteroatoms. The maximum Gasteiger partial charge on any atom is 0.0580 e. The molecule has 0 amide bonds. The Morgan fingerprint density at radius 3 is 2.80 bits per heavy atom. The SMILES string of the molecule is C[C@@H]1CCC(CCCN)O1. The molecular formula is C8H17NO. The fourth-order valence-electron chi connectivity index (χ4n) is 1.44. The molecule has 1 saturated heterocycles. The highest BCUT2D eigenvalue weighted by molar-refractivity contribution is 4.70. The number of hydrogen-bond donors (Lipinski definition) is 1. The van der Waals surface area contributed by atoms with Gasteiger partial charge in [0.2, 0.25) is 0 Å². The van der Waals surface area contributed by atoms with E-state index in [4.69, 9.17) is 10.5 Å². The summed E-state index contributed by atoms with van der Waals surface area (Å²) in [4.78, 5) is 0. The van der Waals surface area contributed by atoms with Crippen LogP contribution >= 0.6 is 0 Å². The van der Waals surface area contributed by atoms with Gasteiger partial charge in [-0.1, -0.05) is 0 Å². The molecule has 0 aromatic rings. The van der Waals surface area contributed by atoms with Crippen molar-refractivity contribution in [1.29, 1.82) is 0 Å². The highest BCUT2D eigenvalue weighted by Crippen LogP contribution is 2.21. The minimum Gasteiger partial charge on any atom is -0.375 e. The molecule has 10 heavy (non-hydrogen) atoms. The Morgan fingerprint density at radius 1 is 1.50 bits per heavy atom. The molecule has 1 unspecified atom stereocenters. The minimum absolute atomic E-state index is 0.489. The van der Waals surface area contributed by atoms with Crippen LogP contribution in [0.25, 0.3) is 0 Å². The van der Waals surface area contributed by atoms with Gasteiger partial charge < -0.3 is 10.5 Å². The lowest BCUT2D eigenvalue weighted by molar-refractivity contribution is 0.0502. The summed E-state index contributed by atoms with van der Waals surface area (Å²) in [6.07, 6.45) is 5.73. The van der Waals surface area contributed by atoms with Crippen molar-refractivity contribution in [3.05, 3.63) is 0 Å². The molecule has 1 fully saturated rings. The molecule has 60 valence electrons. The quantitative estimate of drug-likeness (QED) is 0.646. The second kappa shape index (κ2) is 3.94. The van der Waals surface area contributed by atoms with Crippen molar-refractivity contribution in [2.45, 2.75) is 44.8 Å². The van der Waals surface area contributed by atoms with Gasteiger partial charge in [0.1, 0.15) is 0 Å². The van der Waals surface area contributed by atoms with E-state index in [0.717, 1.165) is 19.4 Å². The highest BCUT2D eigenvalue weighted by atomic mass is 16.5. The summed E-state index contributed by atoms with van der Waals surface area (Å²) in [5.74, 6) is 0. The van der Waals surface area contributed by atoms with Crippen molar-refractivity contribution >= 4 is 0 Å². The van der Waals surface area contributed by atoms with Gasteiger partial charge in [-0.25, -0.2) is 0 Å². The van der Waals surface area contributed by atoms with Gasteiger partial charge >= 0.3 is 0 Å².